The van der Waals surface area contributed by atoms with Crippen LogP contribution in [0.25, 0.3) is 0 Å². The lowest BCUT2D eigenvalue weighted by molar-refractivity contribution is -0.385. The molecule has 0 radical (unpaired) electrons. The number of nitrogens with one attached hydrogen (secondary N) is 1. The van der Waals surface area contributed by atoms with Crippen LogP contribution in [0.3, 0.4) is 0 Å². The first-order valence-electron chi connectivity index (χ1n) is 6.90. The van der Waals surface area contributed by atoms with Gasteiger partial charge in [0.15, 0.2) is 0 Å². The molecule has 1 amide bonds. The second-order valence-electron chi connectivity index (χ2n) is 5.14. The van der Waals surface area contributed by atoms with Gasteiger partial charge in [0, 0.05) is 25.4 Å². The number of carboxylic acid groups (broad SMARTS) is 1. The molecule has 12 heteroatoms. The van der Waals surface area contributed by atoms with Gasteiger partial charge in [0.05, 0.1) is 28.3 Å². The fourth-order valence-corrected chi connectivity index (χ4v) is 2.18. The van der Waals surface area contributed by atoms with Gasteiger partial charge < -0.3 is 10.4 Å². The molecule has 0 fully saturated rings. The number of aromatic carboxylic acids is 1. The van der Waals surface area contributed by atoms with Crippen LogP contribution < -0.4 is 5.32 Å². The standard InChI is InChI=1S/C14H11F3N4O5/c1-20-6-9(13(23)24)11(19-20)5-18-12(22)8-3-2-7(21(25)26)4-10(8)14(15,16)17/h2-4,6H,5H2,1H3,(H,18,22)(H,23,24). The Morgan fingerprint density at radius 2 is 2.00 bits per heavy atom. The zero-order chi connectivity index (χ0) is 19.6. The highest BCUT2D eigenvalue weighted by atomic mass is 19.4. The third-order valence-corrected chi connectivity index (χ3v) is 3.32. The Bertz CT molecular complexity index is 891. The van der Waals surface area contributed by atoms with E-state index in [2.05, 4.69) is 10.4 Å². The third kappa shape index (κ3) is 3.96. The SMILES string of the molecule is Cn1cc(C(=O)O)c(CNC(=O)c2ccc([N+](=O)[O-])cc2C(F)(F)F)n1. The minimum absolute atomic E-state index is 0.0520. The van der Waals surface area contributed by atoms with E-state index in [9.17, 15) is 32.9 Å². The average molecular weight is 372 g/mol. The number of nitro groups is 1. The van der Waals surface area contributed by atoms with Crippen molar-refractivity contribution in [1.82, 2.24) is 15.1 Å². The number of aromatic nitrogens is 2. The van der Waals surface area contributed by atoms with E-state index >= 15 is 0 Å². The molecule has 1 aromatic carbocycles. The molecule has 1 heterocycles. The maximum absolute atomic E-state index is 13.1. The predicted octanol–water partition coefficient (Wildman–Crippen LogP) is 1.98. The number of rotatable bonds is 5. The smallest absolute Gasteiger partial charge is 0.417 e. The number of aryl methyl sites for hydroxylation is 1. The fraction of sp³-hybridized carbons (Fsp3) is 0.214. The van der Waals surface area contributed by atoms with Gasteiger partial charge in [0.1, 0.15) is 5.56 Å². The number of nitro benzene ring substituents is 1. The normalized spacial score (nSPS) is 11.2. The van der Waals surface area contributed by atoms with Crippen molar-refractivity contribution in [3.05, 3.63) is 56.9 Å². The molecule has 0 aliphatic heterocycles. The molecule has 0 bridgehead atoms. The lowest BCUT2D eigenvalue weighted by atomic mass is 10.1. The van der Waals surface area contributed by atoms with Gasteiger partial charge >= 0.3 is 12.1 Å². The van der Waals surface area contributed by atoms with Gasteiger partial charge in [-0.2, -0.15) is 18.3 Å². The molecule has 9 nitrogen and oxygen atoms in total. The van der Waals surface area contributed by atoms with E-state index in [1.165, 1.54) is 17.9 Å². The molecule has 2 aromatic rings. The van der Waals surface area contributed by atoms with E-state index < -0.39 is 46.3 Å². The van der Waals surface area contributed by atoms with Crippen LogP contribution in [0.15, 0.2) is 24.4 Å². The molecule has 0 aliphatic rings. The Kier molecular flexibility index (Phi) is 4.95. The summed E-state index contributed by atoms with van der Waals surface area (Å²) in [6.45, 7) is -0.435. The molecule has 26 heavy (non-hydrogen) atoms. The van der Waals surface area contributed by atoms with Crippen molar-refractivity contribution in [2.24, 2.45) is 7.05 Å². The van der Waals surface area contributed by atoms with E-state index in [0.717, 1.165) is 6.07 Å². The highest BCUT2D eigenvalue weighted by Gasteiger charge is 2.37. The second-order valence-corrected chi connectivity index (χ2v) is 5.14. The first-order chi connectivity index (χ1) is 12.0. The van der Waals surface area contributed by atoms with Gasteiger partial charge in [-0.25, -0.2) is 4.79 Å². The van der Waals surface area contributed by atoms with Crippen molar-refractivity contribution in [3.8, 4) is 0 Å². The summed E-state index contributed by atoms with van der Waals surface area (Å²) in [5.41, 5.74) is -3.37. The number of halogens is 3. The van der Waals surface area contributed by atoms with Gasteiger partial charge in [-0.05, 0) is 6.07 Å². The summed E-state index contributed by atoms with van der Waals surface area (Å²) in [6.07, 6.45) is -3.81. The van der Waals surface area contributed by atoms with Gasteiger partial charge in [-0.3, -0.25) is 19.6 Å². The lowest BCUT2D eigenvalue weighted by Crippen LogP contribution is -2.27. The Labute approximate surface area is 143 Å². The number of alkyl halides is 3. The summed E-state index contributed by atoms with van der Waals surface area (Å²) in [6, 6.07) is 1.72. The van der Waals surface area contributed by atoms with Crippen LogP contribution in [0.5, 0.6) is 0 Å². The predicted molar refractivity (Wildman–Crippen MR) is 79.4 cm³/mol. The van der Waals surface area contributed by atoms with Gasteiger partial charge in [0.25, 0.3) is 11.6 Å². The van der Waals surface area contributed by atoms with Crippen LogP contribution in [0.1, 0.15) is 32.0 Å². The zero-order valence-corrected chi connectivity index (χ0v) is 13.1. The first-order valence-corrected chi connectivity index (χ1v) is 6.90. The Morgan fingerprint density at radius 3 is 2.54 bits per heavy atom. The van der Waals surface area contributed by atoms with Crippen LogP contribution in [0.2, 0.25) is 0 Å². The number of non-ortho nitro benzene ring substituents is 1. The molecule has 0 unspecified atom stereocenters. The maximum atomic E-state index is 13.1. The topological polar surface area (TPSA) is 127 Å². The van der Waals surface area contributed by atoms with Crippen molar-refractivity contribution in [1.29, 1.82) is 0 Å². The van der Waals surface area contributed by atoms with Gasteiger partial charge in [-0.1, -0.05) is 0 Å². The molecule has 1 aromatic heterocycles. The molecule has 138 valence electrons. The van der Waals surface area contributed by atoms with Crippen molar-refractivity contribution in [3.63, 3.8) is 0 Å². The molecule has 2 rings (SSSR count). The number of benzene rings is 1. The summed E-state index contributed by atoms with van der Waals surface area (Å²) in [5.74, 6) is -2.48. The van der Waals surface area contributed by atoms with Crippen molar-refractivity contribution in [2.75, 3.05) is 0 Å². The minimum atomic E-state index is -4.99. The largest absolute Gasteiger partial charge is 0.478 e. The number of carbonyl (C=O) groups excluding carboxylic acids is 1. The number of carboxylic acids is 1. The molecule has 0 saturated carbocycles. The molecular formula is C14H11F3N4O5. The van der Waals surface area contributed by atoms with Gasteiger partial charge in [0.2, 0.25) is 0 Å². The number of amides is 1. The van der Waals surface area contributed by atoms with E-state index in [1.54, 1.807) is 0 Å². The molecule has 0 aliphatic carbocycles. The van der Waals surface area contributed by atoms with Crippen molar-refractivity contribution >= 4 is 17.6 Å². The van der Waals surface area contributed by atoms with E-state index in [-0.39, 0.29) is 17.3 Å². The van der Waals surface area contributed by atoms with Crippen LogP contribution in [-0.4, -0.2) is 31.7 Å². The molecule has 0 saturated heterocycles. The van der Waals surface area contributed by atoms with Crippen molar-refractivity contribution in [2.45, 2.75) is 12.7 Å². The quantitative estimate of drug-likeness (QED) is 0.610. The molecular weight excluding hydrogens is 361 g/mol. The number of hydrogen-bond donors (Lipinski definition) is 2. The minimum Gasteiger partial charge on any atom is -0.478 e. The van der Waals surface area contributed by atoms with Crippen LogP contribution in [-0.2, 0) is 19.8 Å². The number of nitrogens with zero attached hydrogens (tertiary/aromatic N) is 3. The molecule has 0 spiro atoms. The number of hydrogen-bond acceptors (Lipinski definition) is 5. The van der Waals surface area contributed by atoms with Crippen LogP contribution >= 0.6 is 0 Å². The van der Waals surface area contributed by atoms with Crippen molar-refractivity contribution < 1.29 is 32.8 Å². The number of carbonyl (C=O) groups is 2. The molecule has 2 N–H and O–H groups in total. The van der Waals surface area contributed by atoms with Crippen LogP contribution in [0, 0.1) is 10.1 Å². The summed E-state index contributed by atoms with van der Waals surface area (Å²) in [5, 5.41) is 25.6. The second kappa shape index (κ2) is 6.82. The summed E-state index contributed by atoms with van der Waals surface area (Å²) >= 11 is 0. The van der Waals surface area contributed by atoms with E-state index in [0.29, 0.717) is 6.07 Å². The Balaban J connectivity index is 2.30. The van der Waals surface area contributed by atoms with E-state index in [1.807, 2.05) is 0 Å². The fourth-order valence-electron chi connectivity index (χ4n) is 2.18. The van der Waals surface area contributed by atoms with E-state index in [4.69, 9.17) is 5.11 Å². The Morgan fingerprint density at radius 1 is 1.35 bits per heavy atom. The summed E-state index contributed by atoms with van der Waals surface area (Å²) in [4.78, 5) is 32.8. The molecule has 0 atom stereocenters. The zero-order valence-electron chi connectivity index (χ0n) is 13.1. The maximum Gasteiger partial charge on any atom is 0.417 e. The summed E-state index contributed by atoms with van der Waals surface area (Å²) < 4.78 is 40.5. The third-order valence-electron chi connectivity index (χ3n) is 3.32. The Hall–Kier alpha value is -3.44. The highest BCUT2D eigenvalue weighted by Crippen LogP contribution is 2.34. The summed E-state index contributed by atoms with van der Waals surface area (Å²) in [7, 11) is 1.44. The first kappa shape index (κ1) is 18.9. The van der Waals surface area contributed by atoms with Crippen LogP contribution in [0.4, 0.5) is 18.9 Å². The van der Waals surface area contributed by atoms with Gasteiger partial charge in [-0.15, -0.1) is 0 Å². The monoisotopic (exact) mass is 372 g/mol. The lowest BCUT2D eigenvalue weighted by Gasteiger charge is -2.12. The highest BCUT2D eigenvalue weighted by molar-refractivity contribution is 5.96. The average Bonchev–Trinajstić information content (AvgIpc) is 2.92.